The molecule has 1 aliphatic carbocycles. The second-order valence-electron chi connectivity index (χ2n) is 7.32. The Morgan fingerprint density at radius 3 is 2.64 bits per heavy atom. The van der Waals surface area contributed by atoms with Gasteiger partial charge in [0.2, 0.25) is 5.89 Å². The largest absolute Gasteiger partial charge is 0.419 e. The number of benzene rings is 1. The minimum absolute atomic E-state index is 0.125. The van der Waals surface area contributed by atoms with Crippen LogP contribution in [-0.4, -0.2) is 44.6 Å². The molecular formula is C21H26N4O3. The van der Waals surface area contributed by atoms with Gasteiger partial charge in [-0.3, -0.25) is 4.90 Å². The third kappa shape index (κ3) is 4.00. The Balaban J connectivity index is 1.57. The molecule has 2 aromatic heterocycles. The molecule has 0 atom stereocenters. The number of aliphatic hydroxyl groups excluding tert-OH is 1. The van der Waals surface area contributed by atoms with E-state index in [1.807, 2.05) is 37.3 Å². The Bertz CT molecular complexity index is 884. The number of hydrogen-bond donors (Lipinski definition) is 1. The van der Waals surface area contributed by atoms with Gasteiger partial charge in [0.05, 0.1) is 13.2 Å². The molecule has 1 N–H and O–H groups in total. The van der Waals surface area contributed by atoms with Crippen molar-refractivity contribution in [2.24, 2.45) is 0 Å². The molecule has 0 unspecified atom stereocenters. The summed E-state index contributed by atoms with van der Waals surface area (Å²) in [4.78, 5) is 2.26. The smallest absolute Gasteiger partial charge is 0.253 e. The minimum Gasteiger partial charge on any atom is -0.419 e. The molecule has 7 heteroatoms. The lowest BCUT2D eigenvalue weighted by molar-refractivity contribution is 0.108. The first kappa shape index (κ1) is 18.8. The summed E-state index contributed by atoms with van der Waals surface area (Å²) in [5.74, 6) is 1.61. The van der Waals surface area contributed by atoms with Gasteiger partial charge < -0.3 is 14.0 Å². The Kier molecular flexibility index (Phi) is 5.83. The van der Waals surface area contributed by atoms with E-state index in [-0.39, 0.29) is 6.61 Å². The number of aryl methyl sites for hydroxylation is 1. The quantitative estimate of drug-likeness (QED) is 0.664. The zero-order valence-corrected chi connectivity index (χ0v) is 16.2. The Hall–Kier alpha value is -2.51. The van der Waals surface area contributed by atoms with Crippen molar-refractivity contribution in [1.29, 1.82) is 0 Å². The summed E-state index contributed by atoms with van der Waals surface area (Å²) in [5, 5.41) is 22.2. The molecular weight excluding hydrogens is 356 g/mol. The molecule has 0 amide bonds. The van der Waals surface area contributed by atoms with Gasteiger partial charge in [0.1, 0.15) is 17.0 Å². The predicted molar refractivity (Wildman–Crippen MR) is 104 cm³/mol. The SMILES string of the molecule is Cc1onc(-c2ccccc2)c1-c1nnc(CN(CCO)C2CCCCC2)o1. The van der Waals surface area contributed by atoms with Crippen molar-refractivity contribution in [2.45, 2.75) is 51.6 Å². The summed E-state index contributed by atoms with van der Waals surface area (Å²) in [6.45, 7) is 3.13. The van der Waals surface area contributed by atoms with E-state index in [0.29, 0.717) is 42.4 Å². The Morgan fingerprint density at radius 2 is 1.89 bits per heavy atom. The van der Waals surface area contributed by atoms with Gasteiger partial charge in [-0.05, 0) is 19.8 Å². The summed E-state index contributed by atoms with van der Waals surface area (Å²) in [5.41, 5.74) is 2.38. The van der Waals surface area contributed by atoms with Crippen LogP contribution in [0.4, 0.5) is 0 Å². The van der Waals surface area contributed by atoms with Gasteiger partial charge in [-0.15, -0.1) is 10.2 Å². The molecule has 7 nitrogen and oxygen atoms in total. The maximum atomic E-state index is 9.47. The fraction of sp³-hybridized carbons (Fsp3) is 0.476. The summed E-state index contributed by atoms with van der Waals surface area (Å²) in [6, 6.07) is 10.3. The first-order valence-corrected chi connectivity index (χ1v) is 9.95. The fourth-order valence-electron chi connectivity index (χ4n) is 3.97. The van der Waals surface area contributed by atoms with E-state index < -0.39 is 0 Å². The Labute approximate surface area is 164 Å². The molecule has 0 saturated heterocycles. The number of rotatable bonds is 7. The van der Waals surface area contributed by atoms with Crippen molar-refractivity contribution in [1.82, 2.24) is 20.3 Å². The van der Waals surface area contributed by atoms with Gasteiger partial charge in [0.15, 0.2) is 0 Å². The van der Waals surface area contributed by atoms with Crippen LogP contribution in [0.3, 0.4) is 0 Å². The third-order valence-electron chi connectivity index (χ3n) is 5.41. The van der Waals surface area contributed by atoms with Crippen molar-refractivity contribution in [3.8, 4) is 22.7 Å². The van der Waals surface area contributed by atoms with E-state index in [1.54, 1.807) is 0 Å². The first-order chi connectivity index (χ1) is 13.8. The van der Waals surface area contributed by atoms with Crippen molar-refractivity contribution < 1.29 is 14.0 Å². The average Bonchev–Trinajstić information content (AvgIpc) is 3.35. The van der Waals surface area contributed by atoms with Crippen LogP contribution in [0.5, 0.6) is 0 Å². The van der Waals surface area contributed by atoms with E-state index in [0.717, 1.165) is 24.0 Å². The molecule has 1 aromatic carbocycles. The number of nitrogens with zero attached hydrogens (tertiary/aromatic N) is 4. The van der Waals surface area contributed by atoms with Gasteiger partial charge in [-0.1, -0.05) is 54.8 Å². The first-order valence-electron chi connectivity index (χ1n) is 9.95. The zero-order chi connectivity index (χ0) is 19.3. The maximum absolute atomic E-state index is 9.47. The zero-order valence-electron chi connectivity index (χ0n) is 16.2. The normalized spacial score (nSPS) is 15.4. The van der Waals surface area contributed by atoms with E-state index in [2.05, 4.69) is 20.3 Å². The second-order valence-corrected chi connectivity index (χ2v) is 7.32. The molecule has 2 heterocycles. The van der Waals surface area contributed by atoms with Gasteiger partial charge in [-0.2, -0.15) is 0 Å². The van der Waals surface area contributed by atoms with Crippen LogP contribution in [0.15, 0.2) is 39.3 Å². The molecule has 1 aliphatic rings. The molecule has 3 aromatic rings. The molecule has 0 radical (unpaired) electrons. The highest BCUT2D eigenvalue weighted by atomic mass is 16.5. The summed E-state index contributed by atoms with van der Waals surface area (Å²) >= 11 is 0. The highest BCUT2D eigenvalue weighted by Gasteiger charge is 2.25. The molecule has 1 fully saturated rings. The van der Waals surface area contributed by atoms with Gasteiger partial charge in [0, 0.05) is 18.2 Å². The fourth-order valence-corrected chi connectivity index (χ4v) is 3.97. The topological polar surface area (TPSA) is 88.4 Å². The number of aliphatic hydroxyl groups is 1. The predicted octanol–water partition coefficient (Wildman–Crippen LogP) is 3.83. The molecule has 148 valence electrons. The molecule has 28 heavy (non-hydrogen) atoms. The summed E-state index contributed by atoms with van der Waals surface area (Å²) in [7, 11) is 0. The molecule has 0 spiro atoms. The molecule has 0 bridgehead atoms. The van der Waals surface area contributed by atoms with Crippen molar-refractivity contribution >= 4 is 0 Å². The highest BCUT2D eigenvalue weighted by molar-refractivity contribution is 5.77. The lowest BCUT2D eigenvalue weighted by Gasteiger charge is -2.32. The van der Waals surface area contributed by atoms with Crippen LogP contribution in [0.2, 0.25) is 0 Å². The number of hydrogen-bond acceptors (Lipinski definition) is 7. The lowest BCUT2D eigenvalue weighted by Crippen LogP contribution is -2.38. The van der Waals surface area contributed by atoms with Crippen LogP contribution < -0.4 is 0 Å². The highest BCUT2D eigenvalue weighted by Crippen LogP contribution is 2.33. The van der Waals surface area contributed by atoms with Gasteiger partial charge >= 0.3 is 0 Å². The van der Waals surface area contributed by atoms with Crippen LogP contribution in [0, 0.1) is 6.92 Å². The molecule has 0 aliphatic heterocycles. The van der Waals surface area contributed by atoms with Crippen LogP contribution in [0.1, 0.15) is 43.8 Å². The van der Waals surface area contributed by atoms with E-state index in [4.69, 9.17) is 8.94 Å². The minimum atomic E-state index is 0.125. The van der Waals surface area contributed by atoms with Crippen molar-refractivity contribution in [3.05, 3.63) is 42.0 Å². The van der Waals surface area contributed by atoms with E-state index in [9.17, 15) is 5.11 Å². The van der Waals surface area contributed by atoms with E-state index >= 15 is 0 Å². The third-order valence-corrected chi connectivity index (χ3v) is 5.41. The van der Waals surface area contributed by atoms with Gasteiger partial charge in [-0.25, -0.2) is 0 Å². The standard InChI is InChI=1S/C21H26N4O3/c1-15-19(20(24-28-15)16-8-4-2-5-9-16)21-23-22-18(27-21)14-25(12-13-26)17-10-6-3-7-11-17/h2,4-5,8-9,17,26H,3,6-7,10-14H2,1H3. The number of aromatic nitrogens is 3. The van der Waals surface area contributed by atoms with E-state index in [1.165, 1.54) is 19.3 Å². The van der Waals surface area contributed by atoms with Crippen molar-refractivity contribution in [2.75, 3.05) is 13.2 Å². The summed E-state index contributed by atoms with van der Waals surface area (Å²) < 4.78 is 11.4. The summed E-state index contributed by atoms with van der Waals surface area (Å²) in [6.07, 6.45) is 6.08. The maximum Gasteiger partial charge on any atom is 0.253 e. The van der Waals surface area contributed by atoms with Crippen molar-refractivity contribution in [3.63, 3.8) is 0 Å². The van der Waals surface area contributed by atoms with Crippen LogP contribution in [0.25, 0.3) is 22.7 Å². The molecule has 1 saturated carbocycles. The Morgan fingerprint density at radius 1 is 1.11 bits per heavy atom. The van der Waals surface area contributed by atoms with Crippen LogP contribution >= 0.6 is 0 Å². The van der Waals surface area contributed by atoms with Gasteiger partial charge in [0.25, 0.3) is 5.89 Å². The van der Waals surface area contributed by atoms with Crippen LogP contribution in [-0.2, 0) is 6.54 Å². The monoisotopic (exact) mass is 382 g/mol. The lowest BCUT2D eigenvalue weighted by atomic mass is 9.94. The molecule has 4 rings (SSSR count). The average molecular weight is 382 g/mol. The second kappa shape index (κ2) is 8.67.